The molecule has 3 aromatic heterocycles. The lowest BCUT2D eigenvalue weighted by Crippen LogP contribution is -2.32. The molecular weight excluding hydrogens is 278 g/mol. The zero-order chi connectivity index (χ0) is 15.1. The van der Waals surface area contributed by atoms with E-state index in [1.54, 1.807) is 6.33 Å². The summed E-state index contributed by atoms with van der Waals surface area (Å²) in [5.74, 6) is 3.27. The SMILES string of the molecule is CC(C)c1nc2n(n1)C[C@@H](Nc1ncnc3[nH]ccc13)CC2. The van der Waals surface area contributed by atoms with Gasteiger partial charge >= 0.3 is 0 Å². The minimum atomic E-state index is 0.308. The van der Waals surface area contributed by atoms with Crippen molar-refractivity contribution in [2.24, 2.45) is 0 Å². The molecule has 1 aliphatic rings. The second kappa shape index (κ2) is 5.08. The molecule has 114 valence electrons. The zero-order valence-corrected chi connectivity index (χ0v) is 12.7. The molecule has 0 bridgehead atoms. The van der Waals surface area contributed by atoms with Crippen LogP contribution in [0, 0.1) is 0 Å². The van der Waals surface area contributed by atoms with E-state index in [0.29, 0.717) is 12.0 Å². The van der Waals surface area contributed by atoms with Crippen molar-refractivity contribution in [1.82, 2.24) is 29.7 Å². The van der Waals surface area contributed by atoms with Gasteiger partial charge in [0.05, 0.1) is 11.9 Å². The van der Waals surface area contributed by atoms with E-state index in [1.165, 1.54) is 0 Å². The summed E-state index contributed by atoms with van der Waals surface area (Å²) in [5.41, 5.74) is 0.858. The number of rotatable bonds is 3. The van der Waals surface area contributed by atoms with E-state index in [4.69, 9.17) is 0 Å². The highest BCUT2D eigenvalue weighted by Gasteiger charge is 2.23. The molecule has 7 nitrogen and oxygen atoms in total. The van der Waals surface area contributed by atoms with Gasteiger partial charge in [-0.25, -0.2) is 19.6 Å². The molecular formula is C15H19N7. The summed E-state index contributed by atoms with van der Waals surface area (Å²) in [7, 11) is 0. The van der Waals surface area contributed by atoms with Crippen LogP contribution in [-0.2, 0) is 13.0 Å². The van der Waals surface area contributed by atoms with Crippen LogP contribution in [0.2, 0.25) is 0 Å². The molecule has 1 atom stereocenters. The molecule has 0 fully saturated rings. The van der Waals surface area contributed by atoms with Crippen LogP contribution in [0.15, 0.2) is 18.6 Å². The summed E-state index contributed by atoms with van der Waals surface area (Å²) >= 11 is 0. The predicted molar refractivity (Wildman–Crippen MR) is 83.7 cm³/mol. The first kappa shape index (κ1) is 13.2. The predicted octanol–water partition coefficient (Wildman–Crippen LogP) is 2.10. The molecule has 7 heteroatoms. The first-order valence-corrected chi connectivity index (χ1v) is 7.69. The van der Waals surface area contributed by atoms with E-state index in [2.05, 4.69) is 44.2 Å². The lowest BCUT2D eigenvalue weighted by Gasteiger charge is -2.24. The number of aromatic nitrogens is 6. The van der Waals surface area contributed by atoms with Crippen molar-refractivity contribution < 1.29 is 0 Å². The van der Waals surface area contributed by atoms with Crippen molar-refractivity contribution in [2.45, 2.75) is 45.2 Å². The van der Waals surface area contributed by atoms with Crippen LogP contribution in [0.5, 0.6) is 0 Å². The molecule has 0 unspecified atom stereocenters. The fraction of sp³-hybridized carbons (Fsp3) is 0.467. The summed E-state index contributed by atoms with van der Waals surface area (Å²) < 4.78 is 2.03. The smallest absolute Gasteiger partial charge is 0.153 e. The van der Waals surface area contributed by atoms with Gasteiger partial charge in [0, 0.05) is 24.6 Å². The maximum absolute atomic E-state index is 4.63. The highest BCUT2D eigenvalue weighted by Crippen LogP contribution is 2.22. The van der Waals surface area contributed by atoms with E-state index in [1.807, 2.05) is 16.9 Å². The third-order valence-electron chi connectivity index (χ3n) is 4.09. The Hall–Kier alpha value is -2.44. The monoisotopic (exact) mass is 297 g/mol. The second-order valence-corrected chi connectivity index (χ2v) is 6.07. The van der Waals surface area contributed by atoms with Gasteiger partial charge in [0.1, 0.15) is 23.6 Å². The second-order valence-electron chi connectivity index (χ2n) is 6.07. The number of aromatic amines is 1. The van der Waals surface area contributed by atoms with Gasteiger partial charge in [-0.15, -0.1) is 0 Å². The summed E-state index contributed by atoms with van der Waals surface area (Å²) in [6, 6.07) is 2.31. The van der Waals surface area contributed by atoms with E-state index in [0.717, 1.165) is 47.9 Å². The molecule has 22 heavy (non-hydrogen) atoms. The number of fused-ring (bicyclic) bond motifs is 2. The maximum Gasteiger partial charge on any atom is 0.153 e. The lowest BCUT2D eigenvalue weighted by atomic mass is 10.1. The van der Waals surface area contributed by atoms with Gasteiger partial charge in [0.2, 0.25) is 0 Å². The van der Waals surface area contributed by atoms with Crippen LogP contribution >= 0.6 is 0 Å². The van der Waals surface area contributed by atoms with Crippen molar-refractivity contribution in [3.63, 3.8) is 0 Å². The van der Waals surface area contributed by atoms with Gasteiger partial charge in [0.15, 0.2) is 5.82 Å². The first-order chi connectivity index (χ1) is 10.7. The van der Waals surface area contributed by atoms with E-state index in [9.17, 15) is 0 Å². The Morgan fingerprint density at radius 1 is 1.36 bits per heavy atom. The fourth-order valence-electron chi connectivity index (χ4n) is 2.87. The normalized spacial score (nSPS) is 17.9. The van der Waals surface area contributed by atoms with Crippen LogP contribution in [0.3, 0.4) is 0 Å². The molecule has 0 saturated carbocycles. The number of nitrogens with one attached hydrogen (secondary N) is 2. The van der Waals surface area contributed by atoms with E-state index >= 15 is 0 Å². The largest absolute Gasteiger partial charge is 0.365 e. The van der Waals surface area contributed by atoms with E-state index in [-0.39, 0.29) is 0 Å². The molecule has 0 spiro atoms. The molecule has 0 radical (unpaired) electrons. The lowest BCUT2D eigenvalue weighted by molar-refractivity contribution is 0.439. The Kier molecular flexibility index (Phi) is 3.06. The highest BCUT2D eigenvalue weighted by atomic mass is 15.4. The Morgan fingerprint density at radius 2 is 2.27 bits per heavy atom. The summed E-state index contributed by atoms with van der Waals surface area (Å²) in [6.07, 6.45) is 5.45. The van der Waals surface area contributed by atoms with Gasteiger partial charge in [-0.3, -0.25) is 0 Å². The van der Waals surface area contributed by atoms with Crippen LogP contribution in [0.1, 0.15) is 37.8 Å². The van der Waals surface area contributed by atoms with Gasteiger partial charge < -0.3 is 10.3 Å². The van der Waals surface area contributed by atoms with Crippen molar-refractivity contribution in [3.8, 4) is 0 Å². The minimum Gasteiger partial charge on any atom is -0.365 e. The molecule has 4 rings (SSSR count). The fourth-order valence-corrected chi connectivity index (χ4v) is 2.87. The summed E-state index contributed by atoms with van der Waals surface area (Å²) in [5, 5.41) is 9.17. The Labute approximate surface area is 128 Å². The van der Waals surface area contributed by atoms with Gasteiger partial charge in [0.25, 0.3) is 0 Å². The van der Waals surface area contributed by atoms with Crippen molar-refractivity contribution in [2.75, 3.05) is 5.32 Å². The van der Waals surface area contributed by atoms with Crippen LogP contribution in [0.4, 0.5) is 5.82 Å². The quantitative estimate of drug-likeness (QED) is 0.773. The number of nitrogens with zero attached hydrogens (tertiary/aromatic N) is 5. The molecule has 0 amide bonds. The third-order valence-corrected chi connectivity index (χ3v) is 4.09. The van der Waals surface area contributed by atoms with Crippen molar-refractivity contribution in [3.05, 3.63) is 30.2 Å². The molecule has 0 saturated heterocycles. The average Bonchev–Trinajstić information content (AvgIpc) is 3.13. The van der Waals surface area contributed by atoms with Crippen molar-refractivity contribution in [1.29, 1.82) is 0 Å². The molecule has 2 N–H and O–H groups in total. The number of anilines is 1. The molecule has 3 aromatic rings. The van der Waals surface area contributed by atoms with Crippen LogP contribution < -0.4 is 5.32 Å². The average molecular weight is 297 g/mol. The Morgan fingerprint density at radius 3 is 3.14 bits per heavy atom. The highest BCUT2D eigenvalue weighted by molar-refractivity contribution is 5.86. The Balaban J connectivity index is 1.56. The maximum atomic E-state index is 4.63. The summed E-state index contributed by atoms with van der Waals surface area (Å²) in [4.78, 5) is 16.3. The van der Waals surface area contributed by atoms with Gasteiger partial charge in [-0.05, 0) is 12.5 Å². The standard InChI is InChI=1S/C15H19N7/c1-9(2)13-20-12-4-3-10(7-22(12)21-13)19-15-11-5-6-16-14(11)17-8-18-15/h5-6,8-10H,3-4,7H2,1-2H3,(H2,16,17,18,19)/t10-/m0/s1. The van der Waals surface area contributed by atoms with Crippen LogP contribution in [0.25, 0.3) is 11.0 Å². The number of hydrogen-bond acceptors (Lipinski definition) is 5. The topological polar surface area (TPSA) is 84.3 Å². The van der Waals surface area contributed by atoms with Crippen molar-refractivity contribution >= 4 is 16.9 Å². The third kappa shape index (κ3) is 2.22. The zero-order valence-electron chi connectivity index (χ0n) is 12.7. The first-order valence-electron chi connectivity index (χ1n) is 7.69. The van der Waals surface area contributed by atoms with E-state index < -0.39 is 0 Å². The molecule has 1 aliphatic heterocycles. The van der Waals surface area contributed by atoms with Gasteiger partial charge in [-0.2, -0.15) is 5.10 Å². The number of aryl methyl sites for hydroxylation is 1. The summed E-state index contributed by atoms with van der Waals surface area (Å²) in [6.45, 7) is 5.08. The van der Waals surface area contributed by atoms with Crippen LogP contribution in [-0.4, -0.2) is 35.8 Å². The number of H-pyrrole nitrogens is 1. The molecule has 4 heterocycles. The van der Waals surface area contributed by atoms with Gasteiger partial charge in [-0.1, -0.05) is 13.8 Å². The Bertz CT molecular complexity index is 801. The number of hydrogen-bond donors (Lipinski definition) is 2. The molecule has 0 aliphatic carbocycles. The minimum absolute atomic E-state index is 0.308. The molecule has 0 aromatic carbocycles.